The quantitative estimate of drug-likeness (QED) is 0.538. The molecule has 0 aliphatic carbocycles. The van der Waals surface area contributed by atoms with Gasteiger partial charge in [-0.25, -0.2) is 17.9 Å². The second-order valence-electron chi connectivity index (χ2n) is 3.86. The number of rotatable bonds is 8. The summed E-state index contributed by atoms with van der Waals surface area (Å²) in [4.78, 5) is 22.3. The van der Waals surface area contributed by atoms with Crippen LogP contribution in [-0.2, 0) is 30.9 Å². The normalized spacial score (nSPS) is 11.7. The first-order valence-electron chi connectivity index (χ1n) is 5.94. The summed E-state index contributed by atoms with van der Waals surface area (Å²) in [5.74, 6) is -2.65. The Morgan fingerprint density at radius 1 is 1.48 bits per heavy atom. The van der Waals surface area contributed by atoms with Crippen molar-refractivity contribution >= 4 is 39.4 Å². The van der Waals surface area contributed by atoms with Gasteiger partial charge < -0.3 is 9.84 Å². The predicted octanol–water partition coefficient (Wildman–Crippen LogP) is 0.828. The number of carbonyl (C=O) groups is 2. The zero-order chi connectivity index (χ0) is 15.9. The van der Waals surface area contributed by atoms with Gasteiger partial charge in [0.05, 0.1) is 6.61 Å². The summed E-state index contributed by atoms with van der Waals surface area (Å²) in [7, 11) is -3.79. The molecule has 1 heterocycles. The van der Waals surface area contributed by atoms with Crippen molar-refractivity contribution in [1.29, 1.82) is 0 Å². The third-order valence-corrected chi connectivity index (χ3v) is 4.39. The Hall–Kier alpha value is -1.71. The SMILES string of the molecule is CCOC(=O)CS(=O)(=O)NCc1sccc1/C=C/C(=O)O. The molecular weight excluding hydrogens is 318 g/mol. The highest BCUT2D eigenvalue weighted by molar-refractivity contribution is 7.90. The van der Waals surface area contributed by atoms with Gasteiger partial charge in [-0.2, -0.15) is 0 Å². The minimum absolute atomic E-state index is 0.0152. The second-order valence-corrected chi connectivity index (χ2v) is 6.66. The molecule has 0 unspecified atom stereocenters. The van der Waals surface area contributed by atoms with E-state index in [2.05, 4.69) is 9.46 Å². The van der Waals surface area contributed by atoms with Crippen molar-refractivity contribution in [2.75, 3.05) is 12.4 Å². The minimum Gasteiger partial charge on any atom is -0.478 e. The highest BCUT2D eigenvalue weighted by Gasteiger charge is 2.17. The van der Waals surface area contributed by atoms with Gasteiger partial charge in [0.25, 0.3) is 0 Å². The van der Waals surface area contributed by atoms with Crippen molar-refractivity contribution in [3.8, 4) is 0 Å². The van der Waals surface area contributed by atoms with Crippen LogP contribution in [-0.4, -0.2) is 37.8 Å². The topological polar surface area (TPSA) is 110 Å². The summed E-state index contributed by atoms with van der Waals surface area (Å²) in [6.45, 7) is 1.69. The van der Waals surface area contributed by atoms with Crippen LogP contribution in [0.4, 0.5) is 0 Å². The molecule has 0 bridgehead atoms. The van der Waals surface area contributed by atoms with Crippen LogP contribution in [0.15, 0.2) is 17.5 Å². The summed E-state index contributed by atoms with van der Waals surface area (Å²) >= 11 is 1.28. The van der Waals surface area contributed by atoms with Crippen LogP contribution in [0.2, 0.25) is 0 Å². The smallest absolute Gasteiger partial charge is 0.328 e. The molecule has 2 N–H and O–H groups in total. The van der Waals surface area contributed by atoms with Crippen molar-refractivity contribution < 1.29 is 27.9 Å². The molecule has 0 saturated carbocycles. The summed E-state index contributed by atoms with van der Waals surface area (Å²) in [6.07, 6.45) is 2.35. The number of sulfonamides is 1. The molecule has 0 aliphatic rings. The van der Waals surface area contributed by atoms with Gasteiger partial charge in [-0.05, 0) is 30.0 Å². The van der Waals surface area contributed by atoms with Crippen molar-refractivity contribution in [2.24, 2.45) is 0 Å². The highest BCUT2D eigenvalue weighted by atomic mass is 32.2. The first kappa shape index (κ1) is 17.3. The summed E-state index contributed by atoms with van der Waals surface area (Å²) in [6, 6.07) is 1.68. The number of thiophene rings is 1. The number of ether oxygens (including phenoxy) is 1. The van der Waals surface area contributed by atoms with Crippen LogP contribution in [0.1, 0.15) is 17.4 Å². The molecule has 1 rings (SSSR count). The Bertz CT molecular complexity index is 632. The zero-order valence-electron chi connectivity index (χ0n) is 11.2. The predicted molar refractivity (Wildman–Crippen MR) is 78.2 cm³/mol. The van der Waals surface area contributed by atoms with E-state index in [0.29, 0.717) is 10.4 Å². The Morgan fingerprint density at radius 3 is 2.81 bits per heavy atom. The fourth-order valence-electron chi connectivity index (χ4n) is 1.39. The molecule has 21 heavy (non-hydrogen) atoms. The number of carboxylic acids is 1. The number of hydrogen-bond acceptors (Lipinski definition) is 6. The molecule has 116 valence electrons. The number of carbonyl (C=O) groups excluding carboxylic acids is 1. The fraction of sp³-hybridized carbons (Fsp3) is 0.333. The van der Waals surface area contributed by atoms with Crippen molar-refractivity contribution in [1.82, 2.24) is 4.72 Å². The zero-order valence-corrected chi connectivity index (χ0v) is 12.9. The lowest BCUT2D eigenvalue weighted by atomic mass is 10.2. The molecular formula is C12H15NO6S2. The third kappa shape index (κ3) is 6.52. The average Bonchev–Trinajstić information content (AvgIpc) is 2.81. The molecule has 9 heteroatoms. The number of nitrogens with one attached hydrogen (secondary N) is 1. The van der Waals surface area contributed by atoms with Gasteiger partial charge >= 0.3 is 11.9 Å². The first-order chi connectivity index (χ1) is 9.84. The van der Waals surface area contributed by atoms with Crippen LogP contribution < -0.4 is 4.72 Å². The molecule has 0 aliphatic heterocycles. The van der Waals surface area contributed by atoms with Gasteiger partial charge in [0.2, 0.25) is 10.0 Å². The van der Waals surface area contributed by atoms with Gasteiger partial charge in [-0.1, -0.05) is 0 Å². The molecule has 7 nitrogen and oxygen atoms in total. The Kier molecular flexibility index (Phi) is 6.53. The molecule has 0 saturated heterocycles. The Morgan fingerprint density at radius 2 is 2.19 bits per heavy atom. The van der Waals surface area contributed by atoms with Gasteiger partial charge in [0.1, 0.15) is 0 Å². The van der Waals surface area contributed by atoms with E-state index < -0.39 is 27.7 Å². The molecule has 0 spiro atoms. The number of carboxylic acid groups (broad SMARTS) is 1. The number of aliphatic carboxylic acids is 1. The van der Waals surface area contributed by atoms with E-state index in [1.54, 1.807) is 18.4 Å². The molecule has 1 aromatic rings. The van der Waals surface area contributed by atoms with Crippen LogP contribution in [0.3, 0.4) is 0 Å². The molecule has 1 aromatic heterocycles. The molecule has 0 radical (unpaired) electrons. The third-order valence-electron chi connectivity index (χ3n) is 2.25. The number of esters is 1. The maximum Gasteiger partial charge on any atom is 0.328 e. The molecule has 0 atom stereocenters. The highest BCUT2D eigenvalue weighted by Crippen LogP contribution is 2.18. The average molecular weight is 333 g/mol. The van der Waals surface area contributed by atoms with Crippen LogP contribution in [0.5, 0.6) is 0 Å². The minimum atomic E-state index is -3.79. The van der Waals surface area contributed by atoms with E-state index in [9.17, 15) is 18.0 Å². The van der Waals surface area contributed by atoms with Crippen molar-refractivity contribution in [3.63, 3.8) is 0 Å². The van der Waals surface area contributed by atoms with E-state index in [0.717, 1.165) is 6.08 Å². The van der Waals surface area contributed by atoms with Crippen molar-refractivity contribution in [3.05, 3.63) is 28.0 Å². The standard InChI is InChI=1S/C12H15NO6S2/c1-2-19-12(16)8-21(17,18)13-7-10-9(5-6-20-10)3-4-11(14)15/h3-6,13H,2,7-8H2,1H3,(H,14,15)/b4-3+. The Balaban J connectivity index is 2.65. The van der Waals surface area contributed by atoms with Crippen molar-refractivity contribution in [2.45, 2.75) is 13.5 Å². The van der Waals surface area contributed by atoms with Gasteiger partial charge in [-0.3, -0.25) is 4.79 Å². The molecule has 0 amide bonds. The molecule has 0 fully saturated rings. The number of hydrogen-bond donors (Lipinski definition) is 2. The van der Waals surface area contributed by atoms with E-state index >= 15 is 0 Å². The monoisotopic (exact) mass is 333 g/mol. The van der Waals surface area contributed by atoms with Crippen LogP contribution in [0.25, 0.3) is 6.08 Å². The lowest BCUT2D eigenvalue weighted by Crippen LogP contribution is -2.30. The van der Waals surface area contributed by atoms with Crippen LogP contribution >= 0.6 is 11.3 Å². The lowest BCUT2D eigenvalue weighted by molar-refractivity contribution is -0.140. The van der Waals surface area contributed by atoms with Gasteiger partial charge in [-0.15, -0.1) is 11.3 Å². The summed E-state index contributed by atoms with van der Waals surface area (Å²) in [5, 5.41) is 10.3. The molecule has 0 aromatic carbocycles. The van der Waals surface area contributed by atoms with Crippen LogP contribution in [0, 0.1) is 0 Å². The largest absolute Gasteiger partial charge is 0.478 e. The second kappa shape index (κ2) is 7.91. The van der Waals surface area contributed by atoms with E-state index in [-0.39, 0.29) is 13.2 Å². The van der Waals surface area contributed by atoms with E-state index in [1.165, 1.54) is 17.4 Å². The van der Waals surface area contributed by atoms with Gasteiger partial charge in [0.15, 0.2) is 5.75 Å². The summed E-state index contributed by atoms with van der Waals surface area (Å²) in [5.41, 5.74) is 0.612. The Labute approximate surface area is 126 Å². The van der Waals surface area contributed by atoms with E-state index in [1.807, 2.05) is 0 Å². The van der Waals surface area contributed by atoms with E-state index in [4.69, 9.17) is 5.11 Å². The lowest BCUT2D eigenvalue weighted by Gasteiger charge is -2.06. The maximum absolute atomic E-state index is 11.7. The fourth-order valence-corrected chi connectivity index (χ4v) is 3.15. The summed E-state index contributed by atoms with van der Waals surface area (Å²) < 4.78 is 30.2. The first-order valence-corrected chi connectivity index (χ1v) is 8.47. The maximum atomic E-state index is 11.7. The van der Waals surface area contributed by atoms with Gasteiger partial charge in [0, 0.05) is 17.5 Å².